The van der Waals surface area contributed by atoms with Crippen molar-refractivity contribution in [3.63, 3.8) is 0 Å². The first-order chi connectivity index (χ1) is 8.43. The molecule has 1 aliphatic rings. The molecule has 0 bridgehead atoms. The van der Waals surface area contributed by atoms with E-state index in [4.69, 9.17) is 9.26 Å². The predicted octanol–water partition coefficient (Wildman–Crippen LogP) is 0.792. The maximum Gasteiger partial charge on any atom is 0.258 e. The molecule has 1 saturated heterocycles. The first-order valence-corrected chi connectivity index (χ1v) is 5.48. The summed E-state index contributed by atoms with van der Waals surface area (Å²) in [5, 5.41) is 7.25. The molecule has 0 unspecified atom stereocenters. The van der Waals surface area contributed by atoms with Crippen molar-refractivity contribution in [2.45, 2.75) is 6.04 Å². The van der Waals surface area contributed by atoms with E-state index < -0.39 is 0 Å². The number of aromatic nitrogens is 3. The van der Waals surface area contributed by atoms with Crippen molar-refractivity contribution < 1.29 is 9.26 Å². The summed E-state index contributed by atoms with van der Waals surface area (Å²) < 4.78 is 10.6. The molecule has 1 atom stereocenters. The molecule has 0 spiro atoms. The van der Waals surface area contributed by atoms with Gasteiger partial charge in [-0.3, -0.25) is 4.98 Å². The number of pyridine rings is 1. The highest BCUT2D eigenvalue weighted by molar-refractivity contribution is 5.51. The van der Waals surface area contributed by atoms with E-state index in [1.54, 1.807) is 12.4 Å². The third kappa shape index (κ3) is 2.17. The molecule has 0 saturated carbocycles. The van der Waals surface area contributed by atoms with Crippen LogP contribution in [0.3, 0.4) is 0 Å². The summed E-state index contributed by atoms with van der Waals surface area (Å²) in [4.78, 5) is 8.30. The highest BCUT2D eigenvalue weighted by atomic mass is 16.5. The Balaban J connectivity index is 1.83. The average molecular weight is 232 g/mol. The minimum Gasteiger partial charge on any atom is -0.378 e. The molecular formula is C11H12N4O2. The fourth-order valence-corrected chi connectivity index (χ4v) is 1.72. The average Bonchev–Trinajstić information content (AvgIpc) is 2.90. The molecule has 3 heterocycles. The first kappa shape index (κ1) is 10.4. The van der Waals surface area contributed by atoms with Crippen LogP contribution in [0.25, 0.3) is 11.5 Å². The van der Waals surface area contributed by atoms with Crippen molar-refractivity contribution in [1.29, 1.82) is 0 Å². The number of ether oxygens (including phenoxy) is 1. The van der Waals surface area contributed by atoms with Crippen molar-refractivity contribution in [2.75, 3.05) is 19.8 Å². The lowest BCUT2D eigenvalue weighted by atomic mass is 10.2. The van der Waals surface area contributed by atoms with E-state index in [0.717, 1.165) is 18.7 Å². The fraction of sp³-hybridized carbons (Fsp3) is 0.364. The van der Waals surface area contributed by atoms with Gasteiger partial charge in [0, 0.05) is 24.5 Å². The largest absolute Gasteiger partial charge is 0.378 e. The van der Waals surface area contributed by atoms with E-state index in [1.165, 1.54) is 0 Å². The van der Waals surface area contributed by atoms with Crippen LogP contribution in [0.2, 0.25) is 0 Å². The van der Waals surface area contributed by atoms with Crippen LogP contribution in [0.1, 0.15) is 11.9 Å². The first-order valence-electron chi connectivity index (χ1n) is 5.48. The van der Waals surface area contributed by atoms with Gasteiger partial charge in [0.25, 0.3) is 5.89 Å². The summed E-state index contributed by atoms with van der Waals surface area (Å²) >= 11 is 0. The smallest absolute Gasteiger partial charge is 0.258 e. The lowest BCUT2D eigenvalue weighted by molar-refractivity contribution is 0.0734. The maximum atomic E-state index is 5.36. The Bertz CT molecular complexity index is 479. The van der Waals surface area contributed by atoms with Crippen LogP contribution in [-0.4, -0.2) is 34.9 Å². The van der Waals surface area contributed by atoms with Gasteiger partial charge in [-0.2, -0.15) is 4.98 Å². The molecule has 1 aliphatic heterocycles. The summed E-state index contributed by atoms with van der Waals surface area (Å²) in [6, 6.07) is 3.69. The Morgan fingerprint density at radius 1 is 1.29 bits per heavy atom. The second kappa shape index (κ2) is 4.60. The number of nitrogens with one attached hydrogen (secondary N) is 1. The lowest BCUT2D eigenvalue weighted by Gasteiger charge is -2.20. The molecule has 88 valence electrons. The van der Waals surface area contributed by atoms with E-state index in [1.807, 2.05) is 12.1 Å². The van der Waals surface area contributed by atoms with Crippen molar-refractivity contribution >= 4 is 0 Å². The van der Waals surface area contributed by atoms with Gasteiger partial charge in [0.05, 0.1) is 19.3 Å². The molecule has 17 heavy (non-hydrogen) atoms. The molecule has 0 amide bonds. The van der Waals surface area contributed by atoms with Crippen molar-refractivity contribution in [2.24, 2.45) is 0 Å². The molecule has 0 radical (unpaired) electrons. The number of hydrogen-bond donors (Lipinski definition) is 1. The van der Waals surface area contributed by atoms with Gasteiger partial charge in [-0.05, 0) is 12.1 Å². The Morgan fingerprint density at radius 2 is 2.18 bits per heavy atom. The van der Waals surface area contributed by atoms with E-state index in [9.17, 15) is 0 Å². The zero-order valence-electron chi connectivity index (χ0n) is 9.17. The van der Waals surface area contributed by atoms with Gasteiger partial charge in [-0.15, -0.1) is 0 Å². The molecular weight excluding hydrogens is 220 g/mol. The number of morpholine rings is 1. The quantitative estimate of drug-likeness (QED) is 0.825. The summed E-state index contributed by atoms with van der Waals surface area (Å²) in [6.07, 6.45) is 3.39. The van der Waals surface area contributed by atoms with Crippen molar-refractivity contribution in [3.05, 3.63) is 30.4 Å². The maximum absolute atomic E-state index is 5.36. The molecule has 2 aromatic heterocycles. The minimum absolute atomic E-state index is 0.0167. The van der Waals surface area contributed by atoms with Gasteiger partial charge in [-0.25, -0.2) is 0 Å². The number of rotatable bonds is 2. The van der Waals surface area contributed by atoms with Crippen LogP contribution < -0.4 is 5.32 Å². The number of hydrogen-bond acceptors (Lipinski definition) is 6. The molecule has 6 heteroatoms. The van der Waals surface area contributed by atoms with Gasteiger partial charge in [0.1, 0.15) is 0 Å². The Labute approximate surface area is 98.0 Å². The van der Waals surface area contributed by atoms with Crippen molar-refractivity contribution in [3.8, 4) is 11.5 Å². The van der Waals surface area contributed by atoms with Gasteiger partial charge in [0.15, 0.2) is 5.82 Å². The van der Waals surface area contributed by atoms with E-state index in [-0.39, 0.29) is 6.04 Å². The van der Waals surface area contributed by atoms with Gasteiger partial charge in [-0.1, -0.05) is 5.16 Å². The monoisotopic (exact) mass is 232 g/mol. The topological polar surface area (TPSA) is 73.1 Å². The summed E-state index contributed by atoms with van der Waals surface area (Å²) in [6.45, 7) is 2.12. The van der Waals surface area contributed by atoms with Crippen LogP contribution >= 0.6 is 0 Å². The molecule has 2 aromatic rings. The summed E-state index contributed by atoms with van der Waals surface area (Å²) in [5.41, 5.74) is 0.871. The Morgan fingerprint density at radius 3 is 2.94 bits per heavy atom. The molecule has 1 fully saturated rings. The molecule has 0 aliphatic carbocycles. The van der Waals surface area contributed by atoms with E-state index >= 15 is 0 Å². The SMILES string of the molecule is c1cc(-c2nc([C@@H]3COCCN3)no2)ccn1. The Hall–Kier alpha value is -1.79. The summed E-state index contributed by atoms with van der Waals surface area (Å²) in [7, 11) is 0. The van der Waals surface area contributed by atoms with Crippen LogP contribution in [0, 0.1) is 0 Å². The van der Waals surface area contributed by atoms with Crippen LogP contribution in [0.4, 0.5) is 0 Å². The van der Waals surface area contributed by atoms with Gasteiger partial charge in [0.2, 0.25) is 0 Å². The van der Waals surface area contributed by atoms with E-state index in [2.05, 4.69) is 20.4 Å². The second-order valence-electron chi connectivity index (χ2n) is 3.78. The van der Waals surface area contributed by atoms with Crippen molar-refractivity contribution in [1.82, 2.24) is 20.4 Å². The second-order valence-corrected chi connectivity index (χ2v) is 3.78. The fourth-order valence-electron chi connectivity index (χ4n) is 1.72. The van der Waals surface area contributed by atoms with Crippen LogP contribution in [0.15, 0.2) is 29.0 Å². The zero-order valence-corrected chi connectivity index (χ0v) is 9.17. The molecule has 0 aromatic carbocycles. The lowest BCUT2D eigenvalue weighted by Crippen LogP contribution is -2.35. The normalized spacial score (nSPS) is 20.4. The highest BCUT2D eigenvalue weighted by Crippen LogP contribution is 2.19. The number of nitrogens with zero attached hydrogens (tertiary/aromatic N) is 3. The predicted molar refractivity (Wildman–Crippen MR) is 59.1 cm³/mol. The molecule has 3 rings (SSSR count). The third-order valence-corrected chi connectivity index (χ3v) is 2.60. The van der Waals surface area contributed by atoms with Crippen LogP contribution in [0.5, 0.6) is 0 Å². The van der Waals surface area contributed by atoms with Gasteiger partial charge >= 0.3 is 0 Å². The highest BCUT2D eigenvalue weighted by Gasteiger charge is 2.21. The van der Waals surface area contributed by atoms with E-state index in [0.29, 0.717) is 18.3 Å². The van der Waals surface area contributed by atoms with Crippen LogP contribution in [-0.2, 0) is 4.74 Å². The standard InChI is InChI=1S/C11H12N4O2/c1-3-12-4-2-8(1)11-14-10(15-17-11)9-7-16-6-5-13-9/h1-4,9,13H,5-7H2/t9-/m0/s1. The molecule has 1 N–H and O–H groups in total. The summed E-state index contributed by atoms with van der Waals surface area (Å²) in [5.74, 6) is 1.14. The molecule has 6 nitrogen and oxygen atoms in total. The third-order valence-electron chi connectivity index (χ3n) is 2.60. The zero-order chi connectivity index (χ0) is 11.5. The minimum atomic E-state index is 0.0167. The Kier molecular flexibility index (Phi) is 2.81. The van der Waals surface area contributed by atoms with Gasteiger partial charge < -0.3 is 14.6 Å².